The van der Waals surface area contributed by atoms with E-state index in [-0.39, 0.29) is 10.8 Å². The van der Waals surface area contributed by atoms with E-state index in [1.807, 2.05) is 13.8 Å². The van der Waals surface area contributed by atoms with Crippen LogP contribution in [0, 0.1) is 10.8 Å². The summed E-state index contributed by atoms with van der Waals surface area (Å²) in [5, 5.41) is 0. The van der Waals surface area contributed by atoms with E-state index in [0.29, 0.717) is 39.6 Å². The number of carbonyl (C=O) groups is 2. The average Bonchev–Trinajstić information content (AvgIpc) is 2.36. The van der Waals surface area contributed by atoms with Gasteiger partial charge in [0.05, 0.1) is 26.4 Å². The van der Waals surface area contributed by atoms with Crippen molar-refractivity contribution in [1.29, 1.82) is 0 Å². The van der Waals surface area contributed by atoms with Crippen molar-refractivity contribution < 1.29 is 28.5 Å². The number of carbonyl (C=O) groups excluding carboxylic acids is 2. The smallest absolute Gasteiger partial charge is 0.331 e. The van der Waals surface area contributed by atoms with Crippen LogP contribution in [-0.2, 0) is 28.5 Å². The molecule has 0 radical (unpaired) electrons. The Morgan fingerprint density at radius 3 is 1.50 bits per heavy atom. The number of rotatable bonds is 6. The highest BCUT2D eigenvalue weighted by Gasteiger charge is 2.35. The molecule has 0 aromatic heterocycles. The Kier molecular flexibility index (Phi) is 4.45. The van der Waals surface area contributed by atoms with Crippen LogP contribution in [0.2, 0.25) is 0 Å². The summed E-state index contributed by atoms with van der Waals surface area (Å²) in [7, 11) is 0. The van der Waals surface area contributed by atoms with E-state index in [4.69, 9.17) is 18.9 Å². The third-order valence-electron chi connectivity index (χ3n) is 3.28. The zero-order chi connectivity index (χ0) is 14.6. The highest BCUT2D eigenvalue weighted by atomic mass is 16.6. The summed E-state index contributed by atoms with van der Waals surface area (Å²) in [5.41, 5.74) is -0.189. The maximum atomic E-state index is 11.4. The maximum Gasteiger partial charge on any atom is 0.331 e. The highest BCUT2D eigenvalue weighted by molar-refractivity contribution is 5.91. The molecule has 2 rings (SSSR count). The van der Waals surface area contributed by atoms with Gasteiger partial charge < -0.3 is 18.9 Å². The van der Waals surface area contributed by atoms with Crippen LogP contribution in [0.4, 0.5) is 0 Å². The minimum atomic E-state index is -0.548. The predicted molar refractivity (Wildman–Crippen MR) is 68.9 cm³/mol. The molecule has 0 atom stereocenters. The second-order valence-electron chi connectivity index (χ2n) is 6.16. The third kappa shape index (κ3) is 4.05. The van der Waals surface area contributed by atoms with Crippen molar-refractivity contribution in [2.75, 3.05) is 39.6 Å². The molecular weight excluding hydrogens is 264 g/mol. The fraction of sp³-hybridized carbons (Fsp3) is 0.714. The van der Waals surface area contributed by atoms with E-state index in [0.717, 1.165) is 12.2 Å². The molecular formula is C14H20O6. The Bertz CT molecular complexity index is 368. The van der Waals surface area contributed by atoms with E-state index in [9.17, 15) is 9.59 Å². The molecule has 6 nitrogen and oxygen atoms in total. The second-order valence-corrected chi connectivity index (χ2v) is 6.16. The summed E-state index contributed by atoms with van der Waals surface area (Å²) in [6.45, 7) is 6.90. The van der Waals surface area contributed by atoms with Crippen molar-refractivity contribution in [1.82, 2.24) is 0 Å². The molecule has 0 aliphatic carbocycles. The van der Waals surface area contributed by atoms with Crippen LogP contribution in [-0.4, -0.2) is 51.6 Å². The molecule has 2 fully saturated rings. The highest BCUT2D eigenvalue weighted by Crippen LogP contribution is 2.27. The Labute approximate surface area is 118 Å². The lowest BCUT2D eigenvalue weighted by atomic mass is 9.90. The summed E-state index contributed by atoms with van der Waals surface area (Å²) in [4.78, 5) is 22.9. The fourth-order valence-corrected chi connectivity index (χ4v) is 1.79. The first-order valence-electron chi connectivity index (χ1n) is 6.58. The summed E-state index contributed by atoms with van der Waals surface area (Å²) in [5.74, 6) is -1.10. The molecule has 2 saturated heterocycles. The standard InChI is InChI=1S/C14H20O6/c1-13(5-17-6-13)9-19-11(15)3-4-12(16)20-10-14(2)7-18-8-14/h3-4H,5-10H2,1-2H3/b4-3+. The molecule has 6 heteroatoms. The predicted octanol–water partition coefficient (Wildman–Crippen LogP) is 0.702. The van der Waals surface area contributed by atoms with Crippen LogP contribution >= 0.6 is 0 Å². The molecule has 0 amide bonds. The lowest BCUT2D eigenvalue weighted by molar-refractivity contribution is -0.162. The van der Waals surface area contributed by atoms with Gasteiger partial charge in [0, 0.05) is 23.0 Å². The minimum Gasteiger partial charge on any atom is -0.462 e. The molecule has 20 heavy (non-hydrogen) atoms. The zero-order valence-corrected chi connectivity index (χ0v) is 11.8. The molecule has 2 heterocycles. The Balaban J connectivity index is 1.63. The van der Waals surface area contributed by atoms with E-state index in [1.54, 1.807) is 0 Å². The van der Waals surface area contributed by atoms with Crippen molar-refractivity contribution in [2.45, 2.75) is 13.8 Å². The monoisotopic (exact) mass is 284 g/mol. The van der Waals surface area contributed by atoms with Gasteiger partial charge in [0.2, 0.25) is 0 Å². The largest absolute Gasteiger partial charge is 0.462 e. The molecule has 2 aliphatic heterocycles. The molecule has 0 aromatic rings. The summed E-state index contributed by atoms with van der Waals surface area (Å²) in [6.07, 6.45) is 2.18. The van der Waals surface area contributed by atoms with Gasteiger partial charge in [-0.2, -0.15) is 0 Å². The molecule has 0 N–H and O–H groups in total. The second kappa shape index (κ2) is 5.93. The molecule has 0 bridgehead atoms. The van der Waals surface area contributed by atoms with Crippen LogP contribution in [0.5, 0.6) is 0 Å². The summed E-state index contributed by atoms with van der Waals surface area (Å²) < 4.78 is 20.2. The van der Waals surface area contributed by atoms with Crippen molar-refractivity contribution in [3.63, 3.8) is 0 Å². The first-order valence-corrected chi connectivity index (χ1v) is 6.58. The first kappa shape index (κ1) is 15.0. The number of ether oxygens (including phenoxy) is 4. The number of hydrogen-bond donors (Lipinski definition) is 0. The van der Waals surface area contributed by atoms with Crippen LogP contribution < -0.4 is 0 Å². The topological polar surface area (TPSA) is 71.1 Å². The lowest BCUT2D eigenvalue weighted by Crippen LogP contribution is -2.44. The van der Waals surface area contributed by atoms with Gasteiger partial charge in [-0.1, -0.05) is 13.8 Å². The summed E-state index contributed by atoms with van der Waals surface area (Å²) in [6, 6.07) is 0. The van der Waals surface area contributed by atoms with E-state index < -0.39 is 11.9 Å². The maximum absolute atomic E-state index is 11.4. The molecule has 112 valence electrons. The summed E-state index contributed by atoms with van der Waals surface area (Å²) >= 11 is 0. The fourth-order valence-electron chi connectivity index (χ4n) is 1.79. The van der Waals surface area contributed by atoms with Gasteiger partial charge in [0.15, 0.2) is 0 Å². The SMILES string of the molecule is CC1(COC(=O)/C=C/C(=O)OCC2(C)COC2)COC1. The van der Waals surface area contributed by atoms with Gasteiger partial charge in [-0.25, -0.2) is 9.59 Å². The molecule has 0 spiro atoms. The van der Waals surface area contributed by atoms with Crippen LogP contribution in [0.15, 0.2) is 12.2 Å². The van der Waals surface area contributed by atoms with E-state index >= 15 is 0 Å². The van der Waals surface area contributed by atoms with Crippen LogP contribution in [0.3, 0.4) is 0 Å². The van der Waals surface area contributed by atoms with Gasteiger partial charge in [0.25, 0.3) is 0 Å². The van der Waals surface area contributed by atoms with Crippen molar-refractivity contribution in [3.8, 4) is 0 Å². The van der Waals surface area contributed by atoms with Gasteiger partial charge >= 0.3 is 11.9 Å². The number of hydrogen-bond acceptors (Lipinski definition) is 6. The van der Waals surface area contributed by atoms with Gasteiger partial charge in [0.1, 0.15) is 13.2 Å². The van der Waals surface area contributed by atoms with Crippen LogP contribution in [0.25, 0.3) is 0 Å². The van der Waals surface area contributed by atoms with E-state index in [2.05, 4.69) is 0 Å². The number of esters is 2. The van der Waals surface area contributed by atoms with Gasteiger partial charge in [-0.05, 0) is 0 Å². The molecule has 0 unspecified atom stereocenters. The third-order valence-corrected chi connectivity index (χ3v) is 3.28. The molecule has 0 aromatic carbocycles. The Morgan fingerprint density at radius 1 is 0.900 bits per heavy atom. The lowest BCUT2D eigenvalue weighted by Gasteiger charge is -2.37. The quantitative estimate of drug-likeness (QED) is 0.528. The zero-order valence-electron chi connectivity index (χ0n) is 11.8. The Hall–Kier alpha value is -1.40. The van der Waals surface area contributed by atoms with Crippen molar-refractivity contribution >= 4 is 11.9 Å². The van der Waals surface area contributed by atoms with Crippen LogP contribution in [0.1, 0.15) is 13.8 Å². The van der Waals surface area contributed by atoms with Crippen molar-refractivity contribution in [2.24, 2.45) is 10.8 Å². The average molecular weight is 284 g/mol. The minimum absolute atomic E-state index is 0.0944. The Morgan fingerprint density at radius 2 is 1.25 bits per heavy atom. The van der Waals surface area contributed by atoms with Crippen molar-refractivity contribution in [3.05, 3.63) is 12.2 Å². The first-order chi connectivity index (χ1) is 9.41. The van der Waals surface area contributed by atoms with Gasteiger partial charge in [-0.3, -0.25) is 0 Å². The van der Waals surface area contributed by atoms with Gasteiger partial charge in [-0.15, -0.1) is 0 Å². The molecule has 2 aliphatic rings. The normalized spacial score (nSPS) is 22.7. The molecule has 0 saturated carbocycles. The van der Waals surface area contributed by atoms with E-state index in [1.165, 1.54) is 0 Å².